The van der Waals surface area contributed by atoms with Gasteiger partial charge in [0.25, 0.3) is 0 Å². The largest absolute Gasteiger partial charge is 0.383 e. The highest BCUT2D eigenvalue weighted by Crippen LogP contribution is 2.43. The van der Waals surface area contributed by atoms with Crippen LogP contribution in [-0.4, -0.2) is 37.2 Å². The molecule has 1 amide bonds. The first-order valence-electron chi connectivity index (χ1n) is 10.1. The average molecular weight is 416 g/mol. The second-order valence-corrected chi connectivity index (χ2v) is 7.76. The summed E-state index contributed by atoms with van der Waals surface area (Å²) in [5, 5.41) is 11.2. The van der Waals surface area contributed by atoms with Crippen molar-refractivity contribution in [2.45, 2.75) is 13.3 Å². The van der Waals surface area contributed by atoms with E-state index in [1.165, 1.54) is 0 Å². The van der Waals surface area contributed by atoms with E-state index in [1.54, 1.807) is 4.90 Å². The standard InChI is InChI=1S/C22H21N7O2/c1-12-2-4-13(5-3-12)29-16(30)10-14-17-15(11-23)21(28-6-8-31-9-7-28)26-19(24)18(17)20(25)27-22(14)29/h2-5H,6-10H2,1H3,(H2,24,26)(H2,25,27)/p+1. The van der Waals surface area contributed by atoms with Gasteiger partial charge in [-0.3, -0.25) is 14.6 Å². The van der Waals surface area contributed by atoms with Gasteiger partial charge in [0.15, 0.2) is 0 Å². The van der Waals surface area contributed by atoms with Gasteiger partial charge in [-0.1, -0.05) is 17.7 Å². The van der Waals surface area contributed by atoms with Gasteiger partial charge < -0.3 is 16.2 Å². The smallest absolute Gasteiger partial charge is 0.240 e. The monoisotopic (exact) mass is 416 g/mol. The van der Waals surface area contributed by atoms with Crippen LogP contribution in [0, 0.1) is 18.3 Å². The molecule has 2 aliphatic heterocycles. The number of benzene rings is 1. The highest BCUT2D eigenvalue weighted by molar-refractivity contribution is 6.15. The fourth-order valence-corrected chi connectivity index (χ4v) is 4.34. The lowest BCUT2D eigenvalue weighted by Crippen LogP contribution is -2.40. The number of nitrogens with zero attached hydrogens (tertiary/aromatic N) is 4. The Kier molecular flexibility index (Phi) is 4.38. The Balaban J connectivity index is 1.78. The second-order valence-electron chi connectivity index (χ2n) is 7.76. The molecule has 0 spiro atoms. The van der Waals surface area contributed by atoms with Crippen LogP contribution < -0.4 is 26.3 Å². The van der Waals surface area contributed by atoms with Crippen LogP contribution in [0.1, 0.15) is 16.7 Å². The van der Waals surface area contributed by atoms with Crippen molar-refractivity contribution in [3.8, 4) is 6.07 Å². The molecule has 3 aromatic rings. The average Bonchev–Trinajstić information content (AvgIpc) is 3.10. The molecule has 5 rings (SSSR count). The van der Waals surface area contributed by atoms with Crippen LogP contribution in [0.2, 0.25) is 0 Å². The number of H-pyrrole nitrogens is 1. The molecule has 1 fully saturated rings. The number of hydrogen-bond acceptors (Lipinski definition) is 7. The fourth-order valence-electron chi connectivity index (χ4n) is 4.34. The van der Waals surface area contributed by atoms with Gasteiger partial charge in [0, 0.05) is 10.9 Å². The Labute approximate surface area is 178 Å². The minimum atomic E-state index is -0.124. The predicted octanol–water partition coefficient (Wildman–Crippen LogP) is 1.45. The summed E-state index contributed by atoms with van der Waals surface area (Å²) < 4.78 is 5.44. The quantitative estimate of drug-likeness (QED) is 0.645. The van der Waals surface area contributed by atoms with Gasteiger partial charge in [0.2, 0.25) is 17.5 Å². The van der Waals surface area contributed by atoms with Gasteiger partial charge >= 0.3 is 0 Å². The number of nitrogens with two attached hydrogens (primary N) is 2. The predicted molar refractivity (Wildman–Crippen MR) is 117 cm³/mol. The zero-order valence-electron chi connectivity index (χ0n) is 17.1. The third-order valence-corrected chi connectivity index (χ3v) is 5.83. The van der Waals surface area contributed by atoms with Crippen LogP contribution in [0.4, 0.5) is 29.0 Å². The highest BCUT2D eigenvalue weighted by atomic mass is 16.5. The summed E-state index contributed by atoms with van der Waals surface area (Å²) in [7, 11) is 0. The van der Waals surface area contributed by atoms with Gasteiger partial charge in [0.05, 0.1) is 43.8 Å². The lowest BCUT2D eigenvalue weighted by atomic mass is 10.0. The van der Waals surface area contributed by atoms with E-state index in [-0.39, 0.29) is 18.1 Å². The molecule has 0 aliphatic carbocycles. The third kappa shape index (κ3) is 2.92. The van der Waals surface area contributed by atoms with Crippen LogP contribution in [-0.2, 0) is 16.0 Å². The number of nitrogen functional groups attached to an aromatic ring is 2. The summed E-state index contributed by atoms with van der Waals surface area (Å²) >= 11 is 0. The van der Waals surface area contributed by atoms with E-state index in [9.17, 15) is 10.1 Å². The number of aromatic nitrogens is 2. The molecular weight excluding hydrogens is 394 g/mol. The molecule has 1 aromatic carbocycles. The number of anilines is 5. The number of morpholine rings is 1. The number of ether oxygens (including phenoxy) is 1. The van der Waals surface area contributed by atoms with Crippen LogP contribution in [0.3, 0.4) is 0 Å². The lowest BCUT2D eigenvalue weighted by Gasteiger charge is -2.25. The highest BCUT2D eigenvalue weighted by Gasteiger charge is 2.36. The second kappa shape index (κ2) is 7.11. The molecule has 0 unspecified atom stereocenters. The van der Waals surface area contributed by atoms with Crippen molar-refractivity contribution in [1.82, 2.24) is 4.98 Å². The van der Waals surface area contributed by atoms with Crippen molar-refractivity contribution in [3.63, 3.8) is 0 Å². The molecule has 1 saturated heterocycles. The van der Waals surface area contributed by atoms with E-state index in [0.29, 0.717) is 71.3 Å². The summed E-state index contributed by atoms with van der Waals surface area (Å²) in [6.07, 6.45) is 0.119. The van der Waals surface area contributed by atoms with Gasteiger partial charge in [0.1, 0.15) is 23.3 Å². The molecule has 156 valence electrons. The number of pyridine rings is 2. The number of aryl methyl sites for hydroxylation is 1. The van der Waals surface area contributed by atoms with Crippen LogP contribution in [0.25, 0.3) is 10.8 Å². The molecule has 31 heavy (non-hydrogen) atoms. The Hall–Kier alpha value is -3.90. The zero-order valence-corrected chi connectivity index (χ0v) is 17.1. The van der Waals surface area contributed by atoms with Crippen LogP contribution in [0.15, 0.2) is 24.3 Å². The minimum absolute atomic E-state index is 0.119. The molecular formula is C22H22N7O2+. The van der Waals surface area contributed by atoms with E-state index in [0.717, 1.165) is 5.56 Å². The Morgan fingerprint density at radius 3 is 2.55 bits per heavy atom. The first-order valence-corrected chi connectivity index (χ1v) is 10.1. The number of nitriles is 1. The van der Waals surface area contributed by atoms with Gasteiger partial charge in [-0.15, -0.1) is 0 Å². The van der Waals surface area contributed by atoms with Crippen molar-refractivity contribution in [1.29, 1.82) is 5.26 Å². The normalized spacial score (nSPS) is 15.9. The van der Waals surface area contributed by atoms with E-state index in [2.05, 4.69) is 16.0 Å². The van der Waals surface area contributed by atoms with E-state index < -0.39 is 0 Å². The van der Waals surface area contributed by atoms with Crippen molar-refractivity contribution < 1.29 is 14.5 Å². The number of aromatic amines is 1. The number of nitrogens with one attached hydrogen (secondary N) is 1. The first-order chi connectivity index (χ1) is 15.0. The molecule has 4 heterocycles. The van der Waals surface area contributed by atoms with E-state index in [1.807, 2.05) is 36.1 Å². The van der Waals surface area contributed by atoms with Crippen molar-refractivity contribution in [2.24, 2.45) is 0 Å². The summed E-state index contributed by atoms with van der Waals surface area (Å²) in [6.45, 7) is 4.37. The van der Waals surface area contributed by atoms with Crippen molar-refractivity contribution in [2.75, 3.05) is 47.6 Å². The topological polar surface area (TPSA) is 136 Å². The summed E-state index contributed by atoms with van der Waals surface area (Å²) in [6, 6.07) is 9.95. The zero-order chi connectivity index (χ0) is 21.7. The van der Waals surface area contributed by atoms with Gasteiger partial charge in [-0.2, -0.15) is 5.26 Å². The Morgan fingerprint density at radius 1 is 1.16 bits per heavy atom. The van der Waals surface area contributed by atoms with Gasteiger partial charge in [-0.05, 0) is 19.1 Å². The molecule has 9 nitrogen and oxygen atoms in total. The molecule has 5 N–H and O–H groups in total. The molecule has 0 radical (unpaired) electrons. The molecule has 0 bridgehead atoms. The Bertz CT molecular complexity index is 1260. The molecule has 2 aromatic heterocycles. The number of rotatable bonds is 2. The van der Waals surface area contributed by atoms with Crippen LogP contribution >= 0.6 is 0 Å². The third-order valence-electron chi connectivity index (χ3n) is 5.83. The maximum absolute atomic E-state index is 13.0. The number of hydrogen-bond donors (Lipinski definition) is 2. The number of amides is 1. The molecule has 0 atom stereocenters. The van der Waals surface area contributed by atoms with Crippen LogP contribution in [0.5, 0.6) is 0 Å². The molecule has 0 saturated carbocycles. The summed E-state index contributed by atoms with van der Waals surface area (Å²) in [5.74, 6) is 1.45. The first kappa shape index (κ1) is 19.1. The maximum Gasteiger partial charge on any atom is 0.240 e. The summed E-state index contributed by atoms with van der Waals surface area (Å²) in [4.78, 5) is 24.3. The Morgan fingerprint density at radius 2 is 1.87 bits per heavy atom. The van der Waals surface area contributed by atoms with E-state index in [4.69, 9.17) is 16.2 Å². The number of carbonyl (C=O) groups is 1. The fraction of sp³-hybridized carbons (Fsp3) is 0.273. The van der Waals surface area contributed by atoms with E-state index >= 15 is 0 Å². The van der Waals surface area contributed by atoms with Gasteiger partial charge in [-0.25, -0.2) is 9.97 Å². The minimum Gasteiger partial charge on any atom is -0.383 e. The van der Waals surface area contributed by atoms with Crippen molar-refractivity contribution in [3.05, 3.63) is 41.0 Å². The molecule has 2 aliphatic rings. The lowest BCUT2D eigenvalue weighted by molar-refractivity contribution is -0.345. The maximum atomic E-state index is 13.0. The summed E-state index contributed by atoms with van der Waals surface area (Å²) in [5.41, 5.74) is 15.5. The number of fused-ring (bicyclic) bond motifs is 3. The molecule has 9 heteroatoms. The number of carbonyl (C=O) groups excluding carboxylic acids is 1. The van der Waals surface area contributed by atoms with Crippen molar-refractivity contribution >= 4 is 45.6 Å². The SMILES string of the molecule is Cc1ccc(N2C(=O)Cc3c2nc(N)c2c(N)[nH+]c(N4CCOCC4)c(C#N)c32)cc1.